The van der Waals surface area contributed by atoms with Gasteiger partial charge in [0.25, 0.3) is 0 Å². The molecule has 0 bridgehead atoms. The van der Waals surface area contributed by atoms with Gasteiger partial charge in [-0.1, -0.05) is 0 Å². The second kappa shape index (κ2) is 3.33. The Morgan fingerprint density at radius 2 is 2.20 bits per heavy atom. The topological polar surface area (TPSA) is 78.9 Å². The molecule has 1 heterocycles. The third-order valence-electron chi connectivity index (χ3n) is 0.725. The van der Waals surface area contributed by atoms with Crippen LogP contribution in [0.2, 0.25) is 0 Å². The van der Waals surface area contributed by atoms with Crippen molar-refractivity contribution in [2.45, 2.75) is 0 Å². The molecule has 1 aliphatic rings. The SMILES string of the molecule is O=CC1=NN=NN=NC=C1. The molecular weight excluding hydrogens is 134 g/mol. The maximum Gasteiger partial charge on any atom is 0.170 e. The molecular formula is C4H3N5O. The van der Waals surface area contributed by atoms with Gasteiger partial charge in [0, 0.05) is 0 Å². The minimum absolute atomic E-state index is 0.169. The fraction of sp³-hybridized carbons (Fsp3) is 0. The first-order valence-electron chi connectivity index (χ1n) is 2.43. The van der Waals surface area contributed by atoms with Gasteiger partial charge in [0.2, 0.25) is 0 Å². The van der Waals surface area contributed by atoms with Crippen molar-refractivity contribution in [2.24, 2.45) is 25.9 Å². The van der Waals surface area contributed by atoms with Crippen molar-refractivity contribution in [3.8, 4) is 0 Å². The minimum Gasteiger partial charge on any atom is -0.296 e. The van der Waals surface area contributed by atoms with Crippen molar-refractivity contribution in [1.82, 2.24) is 0 Å². The number of hydrogen-bond donors (Lipinski definition) is 0. The summed E-state index contributed by atoms with van der Waals surface area (Å²) in [6.45, 7) is 0. The van der Waals surface area contributed by atoms with Crippen molar-refractivity contribution < 1.29 is 4.79 Å². The summed E-state index contributed by atoms with van der Waals surface area (Å²) in [6, 6.07) is 0. The predicted molar refractivity (Wildman–Crippen MR) is 32.4 cm³/mol. The Morgan fingerprint density at radius 3 is 3.00 bits per heavy atom. The molecule has 0 amide bonds. The average molecular weight is 137 g/mol. The Balaban J connectivity index is 2.82. The Hall–Kier alpha value is -1.72. The van der Waals surface area contributed by atoms with Gasteiger partial charge in [-0.3, -0.25) is 4.79 Å². The van der Waals surface area contributed by atoms with Crippen LogP contribution in [0.25, 0.3) is 0 Å². The summed E-state index contributed by atoms with van der Waals surface area (Å²) in [5, 5.41) is 16.2. The van der Waals surface area contributed by atoms with Gasteiger partial charge in [0.1, 0.15) is 5.71 Å². The van der Waals surface area contributed by atoms with Crippen LogP contribution in [-0.2, 0) is 4.79 Å². The second-order valence-corrected chi connectivity index (χ2v) is 1.34. The van der Waals surface area contributed by atoms with E-state index in [0.717, 1.165) is 0 Å². The zero-order chi connectivity index (χ0) is 7.23. The largest absolute Gasteiger partial charge is 0.296 e. The van der Waals surface area contributed by atoms with E-state index in [2.05, 4.69) is 25.9 Å². The van der Waals surface area contributed by atoms with Crippen LogP contribution in [-0.4, -0.2) is 12.0 Å². The van der Waals surface area contributed by atoms with E-state index in [0.29, 0.717) is 6.29 Å². The monoisotopic (exact) mass is 137 g/mol. The normalized spacial score (nSPS) is 15.8. The van der Waals surface area contributed by atoms with E-state index >= 15 is 0 Å². The maximum absolute atomic E-state index is 10.1. The highest BCUT2D eigenvalue weighted by Crippen LogP contribution is 1.90. The van der Waals surface area contributed by atoms with Gasteiger partial charge >= 0.3 is 0 Å². The van der Waals surface area contributed by atoms with Gasteiger partial charge in [-0.2, -0.15) is 0 Å². The lowest BCUT2D eigenvalue weighted by atomic mass is 10.4. The molecule has 6 nitrogen and oxygen atoms in total. The number of aldehydes is 1. The zero-order valence-electron chi connectivity index (χ0n) is 4.88. The van der Waals surface area contributed by atoms with Crippen molar-refractivity contribution in [3.05, 3.63) is 12.3 Å². The van der Waals surface area contributed by atoms with Crippen LogP contribution in [0.5, 0.6) is 0 Å². The molecule has 0 saturated carbocycles. The average Bonchev–Trinajstić information content (AvgIpc) is 1.87. The van der Waals surface area contributed by atoms with E-state index in [-0.39, 0.29) is 5.71 Å². The van der Waals surface area contributed by atoms with Gasteiger partial charge in [-0.15, -0.1) is 10.2 Å². The Labute approximate surface area is 56.0 Å². The van der Waals surface area contributed by atoms with E-state index in [1.54, 1.807) is 0 Å². The summed E-state index contributed by atoms with van der Waals surface area (Å²) in [5.41, 5.74) is 0.169. The summed E-state index contributed by atoms with van der Waals surface area (Å²) < 4.78 is 0. The van der Waals surface area contributed by atoms with Crippen molar-refractivity contribution in [3.63, 3.8) is 0 Å². The lowest BCUT2D eigenvalue weighted by molar-refractivity contribution is -0.102. The number of nitrogens with zero attached hydrogens (tertiary/aromatic N) is 5. The highest BCUT2D eigenvalue weighted by atomic mass is 16.1. The summed E-state index contributed by atoms with van der Waals surface area (Å²) >= 11 is 0. The summed E-state index contributed by atoms with van der Waals surface area (Å²) in [6.07, 6.45) is 3.25. The molecule has 0 radical (unpaired) electrons. The molecule has 1 aliphatic heterocycles. The molecule has 6 heteroatoms. The number of carbonyl (C=O) groups excluding carboxylic acids is 1. The molecule has 0 aromatic heterocycles. The minimum atomic E-state index is 0.169. The molecule has 1 rings (SSSR count). The standard InChI is InChI=1S/C4H3N5O/c10-3-4-1-2-5-7-9-8-6-4/h1-3H. The molecule has 0 aromatic carbocycles. The smallest absolute Gasteiger partial charge is 0.170 e. The molecule has 0 N–H and O–H groups in total. The first-order valence-corrected chi connectivity index (χ1v) is 2.43. The van der Waals surface area contributed by atoms with E-state index in [4.69, 9.17) is 0 Å². The fourth-order valence-electron chi connectivity index (χ4n) is 0.348. The molecule has 0 saturated heterocycles. The maximum atomic E-state index is 10.1. The quantitative estimate of drug-likeness (QED) is 0.494. The van der Waals surface area contributed by atoms with Gasteiger partial charge in [0.05, 0.1) is 6.20 Å². The molecule has 0 spiro atoms. The molecule has 0 aromatic rings. The molecule has 0 atom stereocenters. The van der Waals surface area contributed by atoms with Crippen LogP contribution in [0.3, 0.4) is 0 Å². The van der Waals surface area contributed by atoms with Crippen LogP contribution < -0.4 is 0 Å². The molecule has 0 unspecified atom stereocenters. The number of allylic oxidation sites excluding steroid dienone is 1. The highest BCUT2D eigenvalue weighted by molar-refractivity contribution is 6.33. The highest BCUT2D eigenvalue weighted by Gasteiger charge is 1.89. The Morgan fingerprint density at radius 1 is 1.30 bits per heavy atom. The van der Waals surface area contributed by atoms with Gasteiger partial charge in [-0.05, 0) is 21.7 Å². The summed E-state index contributed by atoms with van der Waals surface area (Å²) in [7, 11) is 0. The van der Waals surface area contributed by atoms with Gasteiger partial charge < -0.3 is 0 Å². The van der Waals surface area contributed by atoms with E-state index < -0.39 is 0 Å². The van der Waals surface area contributed by atoms with E-state index in [9.17, 15) is 4.79 Å². The van der Waals surface area contributed by atoms with Crippen molar-refractivity contribution >= 4 is 12.0 Å². The lowest BCUT2D eigenvalue weighted by Gasteiger charge is -1.82. The van der Waals surface area contributed by atoms with Crippen LogP contribution >= 0.6 is 0 Å². The first-order chi connectivity index (χ1) is 4.93. The number of hydrogen-bond acceptors (Lipinski definition) is 6. The van der Waals surface area contributed by atoms with Gasteiger partial charge in [-0.25, -0.2) is 0 Å². The molecule has 10 heavy (non-hydrogen) atoms. The number of rotatable bonds is 1. The van der Waals surface area contributed by atoms with Gasteiger partial charge in [0.15, 0.2) is 6.29 Å². The number of carbonyl (C=O) groups is 1. The van der Waals surface area contributed by atoms with E-state index in [1.165, 1.54) is 12.3 Å². The van der Waals surface area contributed by atoms with Crippen LogP contribution in [0.1, 0.15) is 0 Å². The van der Waals surface area contributed by atoms with E-state index in [1.807, 2.05) is 0 Å². The van der Waals surface area contributed by atoms with Crippen LogP contribution in [0, 0.1) is 0 Å². The van der Waals surface area contributed by atoms with Crippen LogP contribution in [0.4, 0.5) is 0 Å². The molecule has 0 aliphatic carbocycles. The second-order valence-electron chi connectivity index (χ2n) is 1.34. The Kier molecular flexibility index (Phi) is 2.13. The lowest BCUT2D eigenvalue weighted by Crippen LogP contribution is -1.92. The summed E-state index contributed by atoms with van der Waals surface area (Å²) in [4.78, 5) is 10.1. The first kappa shape index (κ1) is 6.40. The third kappa shape index (κ3) is 1.66. The third-order valence-corrected chi connectivity index (χ3v) is 0.725. The fourth-order valence-corrected chi connectivity index (χ4v) is 0.348. The summed E-state index contributed by atoms with van der Waals surface area (Å²) in [5.74, 6) is 0. The van der Waals surface area contributed by atoms with Crippen molar-refractivity contribution in [1.29, 1.82) is 0 Å². The van der Waals surface area contributed by atoms with Crippen LogP contribution in [0.15, 0.2) is 38.2 Å². The molecule has 50 valence electrons. The van der Waals surface area contributed by atoms with Crippen molar-refractivity contribution in [2.75, 3.05) is 0 Å². The zero-order valence-corrected chi connectivity index (χ0v) is 4.88. The predicted octanol–water partition coefficient (Wildman–Crippen LogP) is 0.888. The Bertz CT molecular complexity index is 238. The molecule has 0 fully saturated rings.